The molecule has 0 aliphatic heterocycles. The highest BCUT2D eigenvalue weighted by atomic mass is 35.5. The minimum atomic E-state index is -4.40. The summed E-state index contributed by atoms with van der Waals surface area (Å²) >= 11 is 6.16. The van der Waals surface area contributed by atoms with Gasteiger partial charge in [0.05, 0.1) is 5.56 Å². The fraction of sp³-hybridized carbons (Fsp3) is 0.200. The number of anilines is 1. The maximum Gasteiger partial charge on any atom is 0.416 e. The van der Waals surface area contributed by atoms with E-state index in [1.807, 2.05) is 19.9 Å². The van der Waals surface area contributed by atoms with Crippen LogP contribution in [0.5, 0.6) is 0 Å². The predicted octanol–water partition coefficient (Wildman–Crippen LogP) is 5.22. The lowest BCUT2D eigenvalue weighted by Crippen LogP contribution is -2.06. The smallest absolute Gasteiger partial charge is 0.398 e. The molecule has 0 saturated carbocycles. The van der Waals surface area contributed by atoms with Crippen LogP contribution in [-0.2, 0) is 6.18 Å². The maximum atomic E-state index is 12.6. The van der Waals surface area contributed by atoms with E-state index in [-0.39, 0.29) is 5.69 Å². The molecule has 0 spiro atoms. The summed E-state index contributed by atoms with van der Waals surface area (Å²) in [6, 6.07) is 6.91. The van der Waals surface area contributed by atoms with Crippen molar-refractivity contribution < 1.29 is 13.2 Å². The largest absolute Gasteiger partial charge is 0.416 e. The third-order valence-corrected chi connectivity index (χ3v) is 3.57. The van der Waals surface area contributed by atoms with Gasteiger partial charge >= 0.3 is 6.18 Å². The molecule has 0 bridgehead atoms. The van der Waals surface area contributed by atoms with E-state index in [2.05, 4.69) is 0 Å². The minimum Gasteiger partial charge on any atom is -0.398 e. The number of alkyl halides is 3. The zero-order valence-corrected chi connectivity index (χ0v) is 11.7. The van der Waals surface area contributed by atoms with Crippen molar-refractivity contribution in [2.24, 2.45) is 0 Å². The van der Waals surface area contributed by atoms with Gasteiger partial charge in [-0.1, -0.05) is 17.7 Å². The first-order chi connectivity index (χ1) is 9.20. The lowest BCUT2D eigenvalue weighted by molar-refractivity contribution is -0.137. The molecule has 0 amide bonds. The first-order valence-electron chi connectivity index (χ1n) is 5.94. The van der Waals surface area contributed by atoms with Crippen LogP contribution in [0.2, 0.25) is 5.02 Å². The van der Waals surface area contributed by atoms with Crippen LogP contribution in [0, 0.1) is 13.8 Å². The van der Waals surface area contributed by atoms with Gasteiger partial charge in [0.2, 0.25) is 0 Å². The van der Waals surface area contributed by atoms with E-state index < -0.39 is 11.7 Å². The van der Waals surface area contributed by atoms with E-state index in [0.717, 1.165) is 23.3 Å². The van der Waals surface area contributed by atoms with E-state index in [9.17, 15) is 13.2 Å². The Morgan fingerprint density at radius 2 is 1.55 bits per heavy atom. The zero-order chi connectivity index (χ0) is 15.1. The van der Waals surface area contributed by atoms with Crippen molar-refractivity contribution in [3.05, 3.63) is 52.0 Å². The number of benzene rings is 2. The molecule has 0 saturated heterocycles. The third-order valence-electron chi connectivity index (χ3n) is 3.25. The molecule has 2 rings (SSSR count). The lowest BCUT2D eigenvalue weighted by atomic mass is 9.98. The number of rotatable bonds is 1. The molecule has 2 N–H and O–H groups in total. The maximum absolute atomic E-state index is 12.6. The molecule has 0 fully saturated rings. The van der Waals surface area contributed by atoms with Crippen LogP contribution < -0.4 is 5.73 Å². The van der Waals surface area contributed by atoms with Gasteiger partial charge in [-0.05, 0) is 49.2 Å². The molecule has 0 aromatic heterocycles. The summed E-state index contributed by atoms with van der Waals surface area (Å²) in [7, 11) is 0. The monoisotopic (exact) mass is 299 g/mol. The normalized spacial score (nSPS) is 11.7. The number of nitrogen functional groups attached to an aromatic ring is 1. The molecule has 106 valence electrons. The van der Waals surface area contributed by atoms with Gasteiger partial charge in [-0.2, -0.15) is 13.2 Å². The van der Waals surface area contributed by atoms with Crippen LogP contribution in [0.3, 0.4) is 0 Å². The van der Waals surface area contributed by atoms with Crippen LogP contribution in [-0.4, -0.2) is 0 Å². The van der Waals surface area contributed by atoms with E-state index >= 15 is 0 Å². The predicted molar refractivity (Wildman–Crippen MR) is 75.8 cm³/mol. The second-order valence-corrected chi connectivity index (χ2v) is 5.12. The Bertz CT molecular complexity index is 663. The topological polar surface area (TPSA) is 26.0 Å². The molecule has 0 heterocycles. The summed E-state index contributed by atoms with van der Waals surface area (Å²) in [5.74, 6) is 0. The van der Waals surface area contributed by atoms with Gasteiger partial charge in [0, 0.05) is 21.8 Å². The lowest BCUT2D eigenvalue weighted by Gasteiger charge is -2.13. The van der Waals surface area contributed by atoms with E-state index in [1.54, 1.807) is 6.07 Å². The molecule has 0 aliphatic rings. The second-order valence-electron chi connectivity index (χ2n) is 4.72. The van der Waals surface area contributed by atoms with Crippen molar-refractivity contribution in [3.8, 4) is 11.1 Å². The number of hydrogen-bond donors (Lipinski definition) is 1. The first kappa shape index (κ1) is 14.7. The Balaban J connectivity index is 2.57. The summed E-state index contributed by atoms with van der Waals surface area (Å²) < 4.78 is 37.9. The number of nitrogens with two attached hydrogens (primary N) is 1. The van der Waals surface area contributed by atoms with Crippen LogP contribution in [0.25, 0.3) is 11.1 Å². The SMILES string of the molecule is Cc1cc(Cl)c(-c2ccc(C(F)(F)F)cc2N)cc1C. The zero-order valence-electron chi connectivity index (χ0n) is 11.0. The summed E-state index contributed by atoms with van der Waals surface area (Å²) in [5, 5.41) is 0.472. The van der Waals surface area contributed by atoms with Crippen molar-refractivity contribution in [2.45, 2.75) is 20.0 Å². The van der Waals surface area contributed by atoms with Crippen molar-refractivity contribution in [2.75, 3.05) is 5.73 Å². The quantitative estimate of drug-likeness (QED) is 0.717. The Morgan fingerprint density at radius 3 is 2.10 bits per heavy atom. The summed E-state index contributed by atoms with van der Waals surface area (Å²) in [4.78, 5) is 0. The van der Waals surface area contributed by atoms with Crippen molar-refractivity contribution in [1.82, 2.24) is 0 Å². The fourth-order valence-electron chi connectivity index (χ4n) is 1.97. The molecule has 0 atom stereocenters. The summed E-state index contributed by atoms with van der Waals surface area (Å²) in [6.45, 7) is 3.83. The molecule has 0 radical (unpaired) electrons. The average Bonchev–Trinajstić information content (AvgIpc) is 2.33. The number of hydrogen-bond acceptors (Lipinski definition) is 1. The van der Waals surface area contributed by atoms with Crippen molar-refractivity contribution in [1.29, 1.82) is 0 Å². The Labute approximate surface area is 120 Å². The van der Waals surface area contributed by atoms with Crippen molar-refractivity contribution in [3.63, 3.8) is 0 Å². The van der Waals surface area contributed by atoms with Gasteiger partial charge in [0.15, 0.2) is 0 Å². The number of aryl methyl sites for hydroxylation is 2. The van der Waals surface area contributed by atoms with Gasteiger partial charge < -0.3 is 5.73 Å². The Kier molecular flexibility index (Phi) is 3.69. The Hall–Kier alpha value is -1.68. The highest BCUT2D eigenvalue weighted by molar-refractivity contribution is 6.33. The average molecular weight is 300 g/mol. The number of halogens is 4. The third kappa shape index (κ3) is 2.75. The van der Waals surface area contributed by atoms with Gasteiger partial charge in [-0.25, -0.2) is 0 Å². The molecule has 0 unspecified atom stereocenters. The Morgan fingerprint density at radius 1 is 0.950 bits per heavy atom. The molecule has 0 aliphatic carbocycles. The van der Waals surface area contributed by atoms with Gasteiger partial charge in [0.25, 0.3) is 0 Å². The molecule has 2 aromatic carbocycles. The summed E-state index contributed by atoms with van der Waals surface area (Å²) in [5.41, 5.74) is 8.21. The van der Waals surface area contributed by atoms with Gasteiger partial charge in [-0.3, -0.25) is 0 Å². The van der Waals surface area contributed by atoms with Crippen molar-refractivity contribution >= 4 is 17.3 Å². The van der Waals surface area contributed by atoms with Gasteiger partial charge in [-0.15, -0.1) is 0 Å². The first-order valence-corrected chi connectivity index (χ1v) is 6.32. The molecule has 1 nitrogen and oxygen atoms in total. The molecule has 5 heteroatoms. The summed E-state index contributed by atoms with van der Waals surface area (Å²) in [6.07, 6.45) is -4.40. The van der Waals surface area contributed by atoms with E-state index in [0.29, 0.717) is 16.1 Å². The molecule has 20 heavy (non-hydrogen) atoms. The van der Waals surface area contributed by atoms with Crippen LogP contribution >= 0.6 is 11.6 Å². The van der Waals surface area contributed by atoms with E-state index in [4.69, 9.17) is 17.3 Å². The molecular weight excluding hydrogens is 287 g/mol. The van der Waals surface area contributed by atoms with Gasteiger partial charge in [0.1, 0.15) is 0 Å². The van der Waals surface area contributed by atoms with Crippen LogP contribution in [0.15, 0.2) is 30.3 Å². The molecule has 2 aromatic rings. The highest BCUT2D eigenvalue weighted by Crippen LogP contribution is 2.37. The standard InChI is InChI=1S/C15H13ClF3N/c1-8-5-12(13(16)6-9(8)2)11-4-3-10(7-14(11)20)15(17,18)19/h3-7H,20H2,1-2H3. The second kappa shape index (κ2) is 5.02. The highest BCUT2D eigenvalue weighted by Gasteiger charge is 2.30. The minimum absolute atomic E-state index is 0.0602. The molecular formula is C15H13ClF3N. The van der Waals surface area contributed by atoms with Crippen LogP contribution in [0.4, 0.5) is 18.9 Å². The fourth-order valence-corrected chi connectivity index (χ4v) is 2.29. The van der Waals surface area contributed by atoms with E-state index in [1.165, 1.54) is 6.07 Å². The van der Waals surface area contributed by atoms with Crippen LogP contribution in [0.1, 0.15) is 16.7 Å².